The van der Waals surface area contributed by atoms with Gasteiger partial charge in [0.1, 0.15) is 16.5 Å². The summed E-state index contributed by atoms with van der Waals surface area (Å²) in [5.74, 6) is 0.761. The van der Waals surface area contributed by atoms with E-state index in [0.29, 0.717) is 21.3 Å². The van der Waals surface area contributed by atoms with Gasteiger partial charge in [-0.2, -0.15) is 0 Å². The van der Waals surface area contributed by atoms with E-state index in [1.165, 1.54) is 23.5 Å². The van der Waals surface area contributed by atoms with Crippen molar-refractivity contribution in [3.05, 3.63) is 131 Å². The van der Waals surface area contributed by atoms with E-state index < -0.39 is 29.7 Å². The fraction of sp³-hybridized carbons (Fsp3) is 0.200. The van der Waals surface area contributed by atoms with E-state index in [-0.39, 0.29) is 18.5 Å². The van der Waals surface area contributed by atoms with Crippen LogP contribution in [-0.4, -0.2) is 39.3 Å². The quantitative estimate of drug-likeness (QED) is 0.165. The van der Waals surface area contributed by atoms with Crippen molar-refractivity contribution >= 4 is 17.2 Å². The molecule has 0 spiro atoms. The first kappa shape index (κ1) is 29.5. The van der Waals surface area contributed by atoms with Crippen LogP contribution in [0.1, 0.15) is 39.2 Å². The molecule has 222 valence electrons. The first-order valence-corrected chi connectivity index (χ1v) is 15.1. The van der Waals surface area contributed by atoms with Crippen LogP contribution in [0.25, 0.3) is 16.4 Å². The number of terminal acetylenes is 1. The molecule has 44 heavy (non-hydrogen) atoms. The maximum atomic E-state index is 14.1. The van der Waals surface area contributed by atoms with Gasteiger partial charge in [0.2, 0.25) is 0 Å². The van der Waals surface area contributed by atoms with Gasteiger partial charge in [0, 0.05) is 41.7 Å². The molecule has 2 atom stereocenters. The van der Waals surface area contributed by atoms with Crippen LogP contribution in [0, 0.1) is 24.0 Å². The molecule has 3 N–H and O–H groups in total. The van der Waals surface area contributed by atoms with Crippen molar-refractivity contribution in [1.82, 2.24) is 20.2 Å². The number of carbonyl (C=O) groups excluding carboxylic acids is 1. The van der Waals surface area contributed by atoms with Crippen molar-refractivity contribution in [2.24, 2.45) is 0 Å². The molecular weight excluding hydrogens is 578 g/mol. The normalized spacial score (nSPS) is 14.9. The fourth-order valence-electron chi connectivity index (χ4n) is 5.37. The summed E-state index contributed by atoms with van der Waals surface area (Å²) in [5, 5.41) is 18.5. The summed E-state index contributed by atoms with van der Waals surface area (Å²) in [6, 6.07) is 23.2. The lowest BCUT2D eigenvalue weighted by Gasteiger charge is -2.27. The standard InChI is InChI=1S/C35H30F2N4O2S/c1-2-23-9-8-12-26(17-23)35(13-14-35)38-22-30(42)29(20-24-18-27(36)21-28(37)19-24)39-33(43)32-31(25-10-4-3-5-11-25)40-34(44-32)41-15-6-7-16-41/h1,3-12,15-19,21,29-30,38,42H,13-14,20,22H2,(H,39,43)/t29-,30-/m0/s1. The Kier molecular flexibility index (Phi) is 8.40. The van der Waals surface area contributed by atoms with Crippen LogP contribution < -0.4 is 10.6 Å². The minimum atomic E-state index is -1.09. The van der Waals surface area contributed by atoms with E-state index in [1.54, 1.807) is 0 Å². The van der Waals surface area contributed by atoms with Crippen molar-refractivity contribution in [1.29, 1.82) is 0 Å². The molecule has 3 aromatic carbocycles. The van der Waals surface area contributed by atoms with Crippen LogP contribution in [0.4, 0.5) is 8.78 Å². The molecule has 1 fully saturated rings. The molecule has 5 aromatic rings. The summed E-state index contributed by atoms with van der Waals surface area (Å²) in [4.78, 5) is 19.0. The number of nitrogens with one attached hydrogen (secondary N) is 2. The van der Waals surface area contributed by atoms with Crippen molar-refractivity contribution in [2.45, 2.75) is 36.9 Å². The molecule has 0 saturated heterocycles. The molecule has 9 heteroatoms. The first-order valence-electron chi connectivity index (χ1n) is 14.3. The van der Waals surface area contributed by atoms with E-state index in [0.717, 1.165) is 35.6 Å². The average Bonchev–Trinajstić information content (AvgIpc) is 3.39. The average molecular weight is 609 g/mol. The molecule has 1 saturated carbocycles. The Morgan fingerprint density at radius 2 is 1.75 bits per heavy atom. The lowest BCUT2D eigenvalue weighted by molar-refractivity contribution is 0.0826. The second-order valence-corrected chi connectivity index (χ2v) is 11.9. The molecule has 2 heterocycles. The Hall–Kier alpha value is -4.62. The number of thiazole rings is 1. The van der Waals surface area contributed by atoms with Crippen LogP contribution in [0.3, 0.4) is 0 Å². The van der Waals surface area contributed by atoms with Gasteiger partial charge in [-0.3, -0.25) is 4.79 Å². The smallest absolute Gasteiger partial charge is 0.264 e. The van der Waals surface area contributed by atoms with E-state index in [1.807, 2.05) is 83.7 Å². The van der Waals surface area contributed by atoms with Gasteiger partial charge in [0.05, 0.1) is 17.8 Å². The van der Waals surface area contributed by atoms with Gasteiger partial charge in [0.15, 0.2) is 5.13 Å². The summed E-state index contributed by atoms with van der Waals surface area (Å²) in [6.07, 6.45) is 9.94. The first-order chi connectivity index (χ1) is 21.3. The van der Waals surface area contributed by atoms with Gasteiger partial charge in [-0.1, -0.05) is 59.7 Å². The van der Waals surface area contributed by atoms with E-state index in [4.69, 9.17) is 11.4 Å². The minimum Gasteiger partial charge on any atom is -0.390 e. The second-order valence-electron chi connectivity index (χ2n) is 10.9. The largest absolute Gasteiger partial charge is 0.390 e. The monoisotopic (exact) mass is 608 g/mol. The van der Waals surface area contributed by atoms with E-state index in [2.05, 4.69) is 16.6 Å². The number of aromatic nitrogens is 2. The Morgan fingerprint density at radius 1 is 1.02 bits per heavy atom. The summed E-state index contributed by atoms with van der Waals surface area (Å²) in [6.45, 7) is 0.131. The number of aliphatic hydroxyl groups excluding tert-OH is 1. The molecule has 0 bridgehead atoms. The summed E-state index contributed by atoms with van der Waals surface area (Å²) in [5.41, 5.74) is 3.05. The third-order valence-corrected chi connectivity index (χ3v) is 8.90. The van der Waals surface area contributed by atoms with Crippen LogP contribution in [0.2, 0.25) is 0 Å². The molecule has 0 radical (unpaired) electrons. The van der Waals surface area contributed by atoms with Gasteiger partial charge >= 0.3 is 0 Å². The predicted octanol–water partition coefficient (Wildman–Crippen LogP) is 5.84. The number of amides is 1. The molecule has 1 aliphatic carbocycles. The molecule has 1 aliphatic rings. The number of hydrogen-bond acceptors (Lipinski definition) is 5. The minimum absolute atomic E-state index is 0.00672. The van der Waals surface area contributed by atoms with Gasteiger partial charge in [-0.05, 0) is 66.8 Å². The summed E-state index contributed by atoms with van der Waals surface area (Å²) < 4.78 is 30.1. The number of hydrogen-bond donors (Lipinski definition) is 3. The third-order valence-electron chi connectivity index (χ3n) is 7.83. The Bertz CT molecular complexity index is 1790. The molecule has 1 amide bonds. The lowest BCUT2D eigenvalue weighted by Crippen LogP contribution is -2.50. The highest BCUT2D eigenvalue weighted by atomic mass is 32.1. The highest BCUT2D eigenvalue weighted by Crippen LogP contribution is 2.45. The second kappa shape index (κ2) is 12.5. The Labute approximate surface area is 258 Å². The SMILES string of the molecule is C#Cc1cccc(C2(NC[C@H](O)[C@H](Cc3cc(F)cc(F)c3)NC(=O)c3sc(-n4cccc4)nc3-c3ccccc3)CC2)c1. The zero-order valence-corrected chi connectivity index (χ0v) is 24.5. The van der Waals surface area contributed by atoms with Crippen LogP contribution in [0.5, 0.6) is 0 Å². The van der Waals surface area contributed by atoms with Crippen molar-refractivity contribution in [2.75, 3.05) is 6.54 Å². The number of halogens is 2. The number of carbonyl (C=O) groups is 1. The highest BCUT2D eigenvalue weighted by Gasteiger charge is 2.44. The van der Waals surface area contributed by atoms with Gasteiger partial charge in [0.25, 0.3) is 5.91 Å². The van der Waals surface area contributed by atoms with E-state index >= 15 is 0 Å². The Balaban J connectivity index is 1.28. The van der Waals surface area contributed by atoms with Gasteiger partial charge < -0.3 is 20.3 Å². The maximum Gasteiger partial charge on any atom is 0.264 e. The number of benzene rings is 3. The maximum absolute atomic E-state index is 14.1. The van der Waals surface area contributed by atoms with Crippen molar-refractivity contribution < 1.29 is 18.7 Å². The number of rotatable bonds is 11. The van der Waals surface area contributed by atoms with Crippen molar-refractivity contribution in [3.63, 3.8) is 0 Å². The van der Waals surface area contributed by atoms with Crippen LogP contribution in [0.15, 0.2) is 97.3 Å². The molecule has 0 unspecified atom stereocenters. The number of aliphatic hydroxyl groups is 1. The summed E-state index contributed by atoms with van der Waals surface area (Å²) >= 11 is 1.22. The molecular formula is C35H30F2N4O2S. The number of nitrogens with zero attached hydrogens (tertiary/aromatic N) is 2. The molecule has 0 aliphatic heterocycles. The highest BCUT2D eigenvalue weighted by molar-refractivity contribution is 7.16. The fourth-order valence-corrected chi connectivity index (χ4v) is 6.33. The van der Waals surface area contributed by atoms with Gasteiger partial charge in [-0.25, -0.2) is 13.8 Å². The predicted molar refractivity (Wildman–Crippen MR) is 167 cm³/mol. The zero-order valence-electron chi connectivity index (χ0n) is 23.7. The summed E-state index contributed by atoms with van der Waals surface area (Å²) in [7, 11) is 0. The Morgan fingerprint density at radius 3 is 2.43 bits per heavy atom. The topological polar surface area (TPSA) is 79.2 Å². The van der Waals surface area contributed by atoms with Crippen molar-refractivity contribution in [3.8, 4) is 28.7 Å². The third kappa shape index (κ3) is 6.48. The molecule has 2 aromatic heterocycles. The van der Waals surface area contributed by atoms with Crippen LogP contribution in [-0.2, 0) is 12.0 Å². The zero-order chi connectivity index (χ0) is 30.7. The van der Waals surface area contributed by atoms with E-state index in [9.17, 15) is 18.7 Å². The molecule has 6 nitrogen and oxygen atoms in total. The molecule has 6 rings (SSSR count). The van der Waals surface area contributed by atoms with Gasteiger partial charge in [-0.15, -0.1) is 6.42 Å². The van der Waals surface area contributed by atoms with Crippen LogP contribution >= 0.6 is 11.3 Å². The lowest BCUT2D eigenvalue weighted by atomic mass is 9.98.